The van der Waals surface area contributed by atoms with Gasteiger partial charge in [-0.25, -0.2) is 8.78 Å². The predicted octanol–water partition coefficient (Wildman–Crippen LogP) is 3.93. The first kappa shape index (κ1) is 10.5. The highest BCUT2D eigenvalue weighted by molar-refractivity contribution is 6.17. The molecular formula is C10H11ClF2. The van der Waals surface area contributed by atoms with Crippen molar-refractivity contribution in [2.24, 2.45) is 0 Å². The van der Waals surface area contributed by atoms with Crippen LogP contribution in [0.3, 0.4) is 0 Å². The molecule has 0 radical (unpaired) electrons. The summed E-state index contributed by atoms with van der Waals surface area (Å²) >= 11 is 5.54. The zero-order chi connectivity index (χ0) is 9.90. The number of benzene rings is 1. The molecule has 1 aromatic carbocycles. The summed E-state index contributed by atoms with van der Waals surface area (Å²) in [5, 5.41) is 0. The Balaban J connectivity index is 2.92. The summed E-state index contributed by atoms with van der Waals surface area (Å²) in [6.45, 7) is 1.47. The Hall–Kier alpha value is -0.630. The summed E-state index contributed by atoms with van der Waals surface area (Å²) < 4.78 is 26.2. The minimum Gasteiger partial charge on any atom is -0.201 e. The van der Waals surface area contributed by atoms with E-state index in [1.54, 1.807) is 12.1 Å². The second-order valence-electron chi connectivity index (χ2n) is 2.89. The van der Waals surface area contributed by atoms with Gasteiger partial charge in [0.1, 0.15) is 0 Å². The highest BCUT2D eigenvalue weighted by atomic mass is 35.5. The van der Waals surface area contributed by atoms with Crippen LogP contribution in [0.2, 0.25) is 0 Å². The Kier molecular flexibility index (Phi) is 3.26. The monoisotopic (exact) mass is 204 g/mol. The molecule has 0 aliphatic heterocycles. The molecule has 0 spiro atoms. The molecule has 13 heavy (non-hydrogen) atoms. The molecule has 0 bridgehead atoms. The highest BCUT2D eigenvalue weighted by Gasteiger charge is 2.28. The van der Waals surface area contributed by atoms with E-state index in [-0.39, 0.29) is 12.0 Å². The maximum absolute atomic E-state index is 13.1. The van der Waals surface area contributed by atoms with E-state index < -0.39 is 5.92 Å². The number of halogens is 3. The Labute approximate surface area is 81.5 Å². The molecule has 0 fully saturated rings. The first-order valence-corrected chi connectivity index (χ1v) is 4.67. The van der Waals surface area contributed by atoms with Crippen LogP contribution in [0.15, 0.2) is 24.3 Å². The normalized spacial score (nSPS) is 11.7. The van der Waals surface area contributed by atoms with Crippen molar-refractivity contribution in [1.82, 2.24) is 0 Å². The summed E-state index contributed by atoms with van der Waals surface area (Å²) in [6.07, 6.45) is -0.173. The van der Waals surface area contributed by atoms with E-state index in [2.05, 4.69) is 0 Å². The van der Waals surface area contributed by atoms with Crippen molar-refractivity contribution < 1.29 is 8.78 Å². The van der Waals surface area contributed by atoms with Crippen LogP contribution < -0.4 is 0 Å². The van der Waals surface area contributed by atoms with Crippen molar-refractivity contribution in [3.8, 4) is 0 Å². The lowest BCUT2D eigenvalue weighted by Crippen LogP contribution is -2.11. The van der Waals surface area contributed by atoms with Gasteiger partial charge in [-0.2, -0.15) is 0 Å². The molecule has 0 amide bonds. The van der Waals surface area contributed by atoms with Crippen LogP contribution in [0.1, 0.15) is 24.5 Å². The van der Waals surface area contributed by atoms with Crippen LogP contribution in [0.5, 0.6) is 0 Å². The van der Waals surface area contributed by atoms with Crippen LogP contribution >= 0.6 is 11.6 Å². The lowest BCUT2D eigenvalue weighted by atomic mass is 10.0. The molecule has 0 heterocycles. The summed E-state index contributed by atoms with van der Waals surface area (Å²) in [5.41, 5.74) is 0.918. The Bertz CT molecular complexity index is 267. The quantitative estimate of drug-likeness (QED) is 0.655. The average molecular weight is 205 g/mol. The molecule has 0 unspecified atom stereocenters. The fourth-order valence-corrected chi connectivity index (χ4v) is 1.22. The molecule has 0 aromatic heterocycles. The minimum absolute atomic E-state index is 0.0591. The zero-order valence-electron chi connectivity index (χ0n) is 7.36. The molecule has 0 nitrogen and oxygen atoms in total. The summed E-state index contributed by atoms with van der Waals surface area (Å²) in [4.78, 5) is 0. The molecule has 1 aromatic rings. The van der Waals surface area contributed by atoms with E-state index in [0.717, 1.165) is 5.56 Å². The van der Waals surface area contributed by atoms with Crippen LogP contribution in [0.4, 0.5) is 8.78 Å². The van der Waals surface area contributed by atoms with Gasteiger partial charge in [0, 0.05) is 17.9 Å². The van der Waals surface area contributed by atoms with Gasteiger partial charge in [-0.05, 0) is 5.56 Å². The summed E-state index contributed by atoms with van der Waals surface area (Å²) in [5.74, 6) is -2.36. The first-order chi connectivity index (χ1) is 6.10. The third-order valence-corrected chi connectivity index (χ3v) is 2.28. The standard InChI is InChI=1S/C10H11ClF2/c1-2-10(12,13)9-5-3-8(7-11)4-6-9/h3-6H,2,7H2,1H3. The third kappa shape index (κ3) is 2.41. The van der Waals surface area contributed by atoms with E-state index in [4.69, 9.17) is 11.6 Å². The van der Waals surface area contributed by atoms with E-state index in [0.29, 0.717) is 5.88 Å². The molecule has 0 N–H and O–H groups in total. The minimum atomic E-state index is -2.72. The highest BCUT2D eigenvalue weighted by Crippen LogP contribution is 2.31. The lowest BCUT2D eigenvalue weighted by molar-refractivity contribution is -0.00829. The first-order valence-electron chi connectivity index (χ1n) is 4.13. The van der Waals surface area contributed by atoms with Gasteiger partial charge in [-0.3, -0.25) is 0 Å². The van der Waals surface area contributed by atoms with E-state index in [9.17, 15) is 8.78 Å². The fraction of sp³-hybridized carbons (Fsp3) is 0.400. The van der Waals surface area contributed by atoms with Crippen molar-refractivity contribution >= 4 is 11.6 Å². The molecule has 72 valence electrons. The molecule has 0 saturated carbocycles. The molecular weight excluding hydrogens is 194 g/mol. The van der Waals surface area contributed by atoms with Gasteiger partial charge < -0.3 is 0 Å². The van der Waals surface area contributed by atoms with E-state index in [1.165, 1.54) is 19.1 Å². The van der Waals surface area contributed by atoms with E-state index in [1.807, 2.05) is 0 Å². The Morgan fingerprint density at radius 3 is 2.15 bits per heavy atom. The largest absolute Gasteiger partial charge is 0.273 e. The Morgan fingerprint density at radius 2 is 1.77 bits per heavy atom. The summed E-state index contributed by atoms with van der Waals surface area (Å²) in [6, 6.07) is 6.13. The van der Waals surface area contributed by atoms with Gasteiger partial charge in [0.15, 0.2) is 0 Å². The van der Waals surface area contributed by atoms with Crippen LogP contribution in [0, 0.1) is 0 Å². The zero-order valence-corrected chi connectivity index (χ0v) is 8.11. The number of hydrogen-bond acceptors (Lipinski definition) is 0. The number of alkyl halides is 3. The fourth-order valence-electron chi connectivity index (χ4n) is 1.04. The molecule has 0 aliphatic rings. The van der Waals surface area contributed by atoms with Gasteiger partial charge in [0.2, 0.25) is 0 Å². The van der Waals surface area contributed by atoms with Gasteiger partial charge in [0.25, 0.3) is 5.92 Å². The maximum atomic E-state index is 13.1. The second kappa shape index (κ2) is 4.05. The number of rotatable bonds is 3. The molecule has 1 rings (SSSR count). The smallest absolute Gasteiger partial charge is 0.201 e. The average Bonchev–Trinajstić information content (AvgIpc) is 2.18. The van der Waals surface area contributed by atoms with Crippen molar-refractivity contribution in [2.75, 3.05) is 0 Å². The topological polar surface area (TPSA) is 0 Å². The van der Waals surface area contributed by atoms with Crippen LogP contribution in [0.25, 0.3) is 0 Å². The number of hydrogen-bond donors (Lipinski definition) is 0. The third-order valence-electron chi connectivity index (χ3n) is 1.97. The van der Waals surface area contributed by atoms with Gasteiger partial charge in [-0.1, -0.05) is 31.2 Å². The van der Waals surface area contributed by atoms with Gasteiger partial charge >= 0.3 is 0 Å². The SMILES string of the molecule is CCC(F)(F)c1ccc(CCl)cc1. The van der Waals surface area contributed by atoms with E-state index >= 15 is 0 Å². The molecule has 3 heteroatoms. The molecule has 0 saturated heterocycles. The van der Waals surface area contributed by atoms with Crippen molar-refractivity contribution in [1.29, 1.82) is 0 Å². The maximum Gasteiger partial charge on any atom is 0.273 e. The van der Waals surface area contributed by atoms with Crippen molar-refractivity contribution in [3.05, 3.63) is 35.4 Å². The van der Waals surface area contributed by atoms with Crippen LogP contribution in [-0.2, 0) is 11.8 Å². The Morgan fingerprint density at radius 1 is 1.23 bits per heavy atom. The molecule has 0 atom stereocenters. The van der Waals surface area contributed by atoms with Crippen molar-refractivity contribution in [2.45, 2.75) is 25.1 Å². The van der Waals surface area contributed by atoms with Gasteiger partial charge in [0.05, 0.1) is 0 Å². The van der Waals surface area contributed by atoms with Gasteiger partial charge in [-0.15, -0.1) is 11.6 Å². The van der Waals surface area contributed by atoms with Crippen LogP contribution in [-0.4, -0.2) is 0 Å². The van der Waals surface area contributed by atoms with Crippen molar-refractivity contribution in [3.63, 3.8) is 0 Å². The predicted molar refractivity (Wildman–Crippen MR) is 50.2 cm³/mol. The second-order valence-corrected chi connectivity index (χ2v) is 3.16. The summed E-state index contributed by atoms with van der Waals surface area (Å²) in [7, 11) is 0. The lowest BCUT2D eigenvalue weighted by Gasteiger charge is -2.14. The molecule has 0 aliphatic carbocycles.